The van der Waals surface area contributed by atoms with Gasteiger partial charge in [0.2, 0.25) is 0 Å². The lowest BCUT2D eigenvalue weighted by molar-refractivity contribution is 0.475. The summed E-state index contributed by atoms with van der Waals surface area (Å²) >= 11 is 0. The predicted octanol–water partition coefficient (Wildman–Crippen LogP) is 2.64. The highest BCUT2D eigenvalue weighted by molar-refractivity contribution is 5.80. The first-order valence-corrected chi connectivity index (χ1v) is 6.32. The van der Waals surface area contributed by atoms with Gasteiger partial charge in [-0.15, -0.1) is 0 Å². The summed E-state index contributed by atoms with van der Waals surface area (Å²) in [6.45, 7) is 1.21. The standard InChI is InChI=1S/C16H16N2O2/c19-15-5-1-13(2-6-15)11-17-9-10-18-12-14-3-7-16(20)8-4-14/h1-8,11-12,19-20H,9-10H2. The van der Waals surface area contributed by atoms with Crippen LogP contribution in [0.1, 0.15) is 11.1 Å². The number of aliphatic imine (C=N–C) groups is 2. The molecule has 0 aliphatic carbocycles. The molecule has 2 N–H and O–H groups in total. The number of hydrogen-bond donors (Lipinski definition) is 2. The van der Waals surface area contributed by atoms with Gasteiger partial charge in [-0.2, -0.15) is 0 Å². The Morgan fingerprint density at radius 3 is 1.35 bits per heavy atom. The second-order valence-electron chi connectivity index (χ2n) is 4.25. The van der Waals surface area contributed by atoms with Gasteiger partial charge in [0.1, 0.15) is 11.5 Å². The fourth-order valence-corrected chi connectivity index (χ4v) is 1.58. The summed E-state index contributed by atoms with van der Waals surface area (Å²) in [7, 11) is 0. The second-order valence-corrected chi connectivity index (χ2v) is 4.25. The van der Waals surface area contributed by atoms with Gasteiger partial charge in [-0.05, 0) is 59.7 Å². The maximum Gasteiger partial charge on any atom is 0.115 e. The molecule has 4 heteroatoms. The molecule has 0 atom stereocenters. The fraction of sp³-hybridized carbons (Fsp3) is 0.125. The highest BCUT2D eigenvalue weighted by atomic mass is 16.3. The van der Waals surface area contributed by atoms with Crippen molar-refractivity contribution in [2.45, 2.75) is 0 Å². The summed E-state index contributed by atoms with van der Waals surface area (Å²) in [5.74, 6) is 0.501. The normalized spacial score (nSPS) is 11.4. The molecule has 0 radical (unpaired) electrons. The van der Waals surface area contributed by atoms with E-state index in [-0.39, 0.29) is 11.5 Å². The first kappa shape index (κ1) is 13.8. The zero-order valence-electron chi connectivity index (χ0n) is 11.0. The SMILES string of the molecule is Oc1ccc(C=NCCN=Cc2ccc(O)cc2)cc1. The first-order chi connectivity index (χ1) is 9.74. The molecular weight excluding hydrogens is 252 g/mol. The summed E-state index contributed by atoms with van der Waals surface area (Å²) in [6.07, 6.45) is 3.52. The summed E-state index contributed by atoms with van der Waals surface area (Å²) in [5, 5.41) is 18.3. The van der Waals surface area contributed by atoms with Gasteiger partial charge in [-0.1, -0.05) is 0 Å². The van der Waals surface area contributed by atoms with E-state index in [1.807, 2.05) is 0 Å². The Labute approximate surface area is 117 Å². The third-order valence-corrected chi connectivity index (χ3v) is 2.63. The van der Waals surface area contributed by atoms with E-state index in [1.54, 1.807) is 61.0 Å². The lowest BCUT2D eigenvalue weighted by Crippen LogP contribution is -1.90. The third-order valence-electron chi connectivity index (χ3n) is 2.63. The van der Waals surface area contributed by atoms with Crippen molar-refractivity contribution in [2.24, 2.45) is 9.98 Å². The minimum atomic E-state index is 0.251. The van der Waals surface area contributed by atoms with Gasteiger partial charge in [0.25, 0.3) is 0 Å². The topological polar surface area (TPSA) is 65.2 Å². The molecule has 20 heavy (non-hydrogen) atoms. The van der Waals surface area contributed by atoms with Crippen LogP contribution in [0.5, 0.6) is 11.5 Å². The Balaban J connectivity index is 1.76. The Kier molecular flexibility index (Phi) is 4.89. The number of hydrogen-bond acceptors (Lipinski definition) is 4. The molecule has 0 aromatic heterocycles. The van der Waals surface area contributed by atoms with E-state index < -0.39 is 0 Å². The van der Waals surface area contributed by atoms with E-state index in [2.05, 4.69) is 9.98 Å². The molecule has 0 saturated carbocycles. The van der Waals surface area contributed by atoms with Crippen LogP contribution >= 0.6 is 0 Å². The van der Waals surface area contributed by atoms with Crippen LogP contribution in [0.4, 0.5) is 0 Å². The Morgan fingerprint density at radius 1 is 0.650 bits per heavy atom. The van der Waals surface area contributed by atoms with Crippen molar-refractivity contribution in [2.75, 3.05) is 13.1 Å². The molecule has 2 aromatic carbocycles. The number of benzene rings is 2. The van der Waals surface area contributed by atoms with Crippen molar-refractivity contribution >= 4 is 12.4 Å². The smallest absolute Gasteiger partial charge is 0.115 e. The molecule has 2 rings (SSSR count). The molecule has 0 aliphatic rings. The Morgan fingerprint density at radius 2 is 1.00 bits per heavy atom. The molecule has 0 spiro atoms. The predicted molar refractivity (Wildman–Crippen MR) is 81.1 cm³/mol. The van der Waals surface area contributed by atoms with E-state index >= 15 is 0 Å². The maximum atomic E-state index is 9.14. The van der Waals surface area contributed by atoms with Gasteiger partial charge in [-0.25, -0.2) is 0 Å². The summed E-state index contributed by atoms with van der Waals surface area (Å²) < 4.78 is 0. The molecule has 0 amide bonds. The summed E-state index contributed by atoms with van der Waals surface area (Å²) in [6, 6.07) is 13.7. The van der Waals surface area contributed by atoms with E-state index in [4.69, 9.17) is 10.2 Å². The largest absolute Gasteiger partial charge is 0.508 e. The van der Waals surface area contributed by atoms with E-state index in [0.29, 0.717) is 13.1 Å². The molecular formula is C16H16N2O2. The summed E-state index contributed by atoms with van der Waals surface area (Å²) in [4.78, 5) is 8.51. The van der Waals surface area contributed by atoms with Crippen molar-refractivity contribution in [3.05, 3.63) is 59.7 Å². The molecule has 0 fully saturated rings. The van der Waals surface area contributed by atoms with Gasteiger partial charge in [0.15, 0.2) is 0 Å². The Bertz CT molecular complexity index is 531. The third kappa shape index (κ3) is 4.57. The fourth-order valence-electron chi connectivity index (χ4n) is 1.58. The average Bonchev–Trinajstić information content (AvgIpc) is 2.46. The highest BCUT2D eigenvalue weighted by Crippen LogP contribution is 2.08. The van der Waals surface area contributed by atoms with Crippen LogP contribution in [-0.2, 0) is 0 Å². The molecule has 2 aromatic rings. The van der Waals surface area contributed by atoms with Crippen molar-refractivity contribution in [1.82, 2.24) is 0 Å². The van der Waals surface area contributed by atoms with Crippen molar-refractivity contribution in [3.8, 4) is 11.5 Å². The minimum Gasteiger partial charge on any atom is -0.508 e. The molecule has 0 aliphatic heterocycles. The number of rotatable bonds is 5. The Hall–Kier alpha value is -2.62. The van der Waals surface area contributed by atoms with Crippen LogP contribution in [0.25, 0.3) is 0 Å². The lowest BCUT2D eigenvalue weighted by atomic mass is 10.2. The number of nitrogens with zero attached hydrogens (tertiary/aromatic N) is 2. The van der Waals surface area contributed by atoms with Gasteiger partial charge in [0.05, 0.1) is 13.1 Å². The van der Waals surface area contributed by atoms with Crippen LogP contribution in [0.3, 0.4) is 0 Å². The molecule has 0 unspecified atom stereocenters. The van der Waals surface area contributed by atoms with E-state index in [1.165, 1.54) is 0 Å². The maximum absolute atomic E-state index is 9.14. The van der Waals surface area contributed by atoms with Crippen LogP contribution in [0.15, 0.2) is 58.5 Å². The first-order valence-electron chi connectivity index (χ1n) is 6.32. The van der Waals surface area contributed by atoms with Crippen LogP contribution in [-0.4, -0.2) is 35.7 Å². The zero-order valence-corrected chi connectivity index (χ0v) is 11.0. The van der Waals surface area contributed by atoms with Crippen LogP contribution < -0.4 is 0 Å². The van der Waals surface area contributed by atoms with Crippen LogP contribution in [0.2, 0.25) is 0 Å². The van der Waals surface area contributed by atoms with E-state index in [0.717, 1.165) is 11.1 Å². The van der Waals surface area contributed by atoms with Gasteiger partial charge in [-0.3, -0.25) is 9.98 Å². The number of phenolic OH excluding ortho intramolecular Hbond substituents is 2. The van der Waals surface area contributed by atoms with Crippen molar-refractivity contribution in [3.63, 3.8) is 0 Å². The zero-order chi connectivity index (χ0) is 14.2. The van der Waals surface area contributed by atoms with E-state index in [9.17, 15) is 0 Å². The average molecular weight is 268 g/mol. The lowest BCUT2D eigenvalue weighted by Gasteiger charge is -1.94. The molecule has 102 valence electrons. The van der Waals surface area contributed by atoms with Crippen molar-refractivity contribution < 1.29 is 10.2 Å². The number of phenols is 2. The van der Waals surface area contributed by atoms with Gasteiger partial charge >= 0.3 is 0 Å². The van der Waals surface area contributed by atoms with Crippen LogP contribution in [0, 0.1) is 0 Å². The minimum absolute atomic E-state index is 0.251. The number of aromatic hydroxyl groups is 2. The molecule has 0 heterocycles. The van der Waals surface area contributed by atoms with Gasteiger partial charge in [0, 0.05) is 12.4 Å². The van der Waals surface area contributed by atoms with Gasteiger partial charge < -0.3 is 10.2 Å². The molecule has 4 nitrogen and oxygen atoms in total. The second kappa shape index (κ2) is 7.09. The van der Waals surface area contributed by atoms with Crippen molar-refractivity contribution in [1.29, 1.82) is 0 Å². The summed E-state index contributed by atoms with van der Waals surface area (Å²) in [5.41, 5.74) is 1.90. The quantitative estimate of drug-likeness (QED) is 0.646. The molecule has 0 bridgehead atoms. The molecule has 0 saturated heterocycles. The monoisotopic (exact) mass is 268 g/mol. The highest BCUT2D eigenvalue weighted by Gasteiger charge is 1.89.